The molecule has 1 heterocycles. The summed E-state index contributed by atoms with van der Waals surface area (Å²) in [7, 11) is 0. The van der Waals surface area contributed by atoms with Crippen LogP contribution in [0.3, 0.4) is 0 Å². The van der Waals surface area contributed by atoms with Crippen molar-refractivity contribution in [3.63, 3.8) is 0 Å². The van der Waals surface area contributed by atoms with Crippen molar-refractivity contribution < 1.29 is 0 Å². The number of nitrogen functional groups attached to an aromatic ring is 1. The summed E-state index contributed by atoms with van der Waals surface area (Å²) < 4.78 is 0. The summed E-state index contributed by atoms with van der Waals surface area (Å²) in [5.41, 5.74) is 10.3. The number of aryl methyl sites for hydroxylation is 1. The highest BCUT2D eigenvalue weighted by Crippen LogP contribution is 2.29. The minimum atomic E-state index is 0.496. The van der Waals surface area contributed by atoms with Crippen LogP contribution in [-0.2, 0) is 0 Å². The third kappa shape index (κ3) is 2.15. The molecule has 3 N–H and O–H groups in total. The topological polar surface area (TPSA) is 54.7 Å². The zero-order chi connectivity index (χ0) is 13.6. The van der Waals surface area contributed by atoms with Gasteiger partial charge in [0, 0.05) is 11.3 Å². The fraction of sp³-hybridized carbons (Fsp3) is 0.0714. The number of hydrogen-bond donors (Lipinski definition) is 2. The van der Waals surface area contributed by atoms with Gasteiger partial charge in [-0.2, -0.15) is 0 Å². The monoisotopic (exact) mass is 291 g/mol. The summed E-state index contributed by atoms with van der Waals surface area (Å²) in [6.07, 6.45) is 0. The molecule has 0 spiro atoms. The minimum Gasteiger partial charge on any atom is -0.398 e. The van der Waals surface area contributed by atoms with Gasteiger partial charge < -0.3 is 10.7 Å². The molecule has 3 nitrogen and oxygen atoms in total. The largest absolute Gasteiger partial charge is 0.398 e. The zero-order valence-electron chi connectivity index (χ0n) is 10.2. The van der Waals surface area contributed by atoms with E-state index in [1.54, 1.807) is 12.1 Å². The highest BCUT2D eigenvalue weighted by Gasteiger charge is 2.09. The lowest BCUT2D eigenvalue weighted by Crippen LogP contribution is -1.90. The number of nitrogens with zero attached hydrogens (tertiary/aromatic N) is 1. The molecule has 2 aromatic carbocycles. The number of fused-ring (bicyclic) bond motifs is 1. The van der Waals surface area contributed by atoms with Gasteiger partial charge in [-0.25, -0.2) is 4.98 Å². The molecule has 0 radical (unpaired) electrons. The Morgan fingerprint density at radius 3 is 2.58 bits per heavy atom. The Hall–Kier alpha value is -1.71. The van der Waals surface area contributed by atoms with E-state index in [1.165, 1.54) is 0 Å². The molecular weight excluding hydrogens is 281 g/mol. The molecule has 0 bridgehead atoms. The zero-order valence-corrected chi connectivity index (χ0v) is 11.7. The molecule has 0 atom stereocenters. The Morgan fingerprint density at radius 2 is 1.84 bits per heavy atom. The normalized spacial score (nSPS) is 11.1. The number of aromatic nitrogens is 2. The first-order chi connectivity index (χ1) is 9.04. The van der Waals surface area contributed by atoms with Crippen LogP contribution in [0, 0.1) is 6.92 Å². The molecule has 0 fully saturated rings. The van der Waals surface area contributed by atoms with E-state index in [1.807, 2.05) is 25.1 Å². The highest BCUT2D eigenvalue weighted by atomic mass is 35.5. The van der Waals surface area contributed by atoms with E-state index in [0.717, 1.165) is 33.7 Å². The lowest BCUT2D eigenvalue weighted by atomic mass is 10.1. The van der Waals surface area contributed by atoms with Gasteiger partial charge in [0.05, 0.1) is 21.1 Å². The molecule has 0 aliphatic heterocycles. The number of benzene rings is 2. The molecule has 3 rings (SSSR count). The van der Waals surface area contributed by atoms with Crippen molar-refractivity contribution in [2.24, 2.45) is 0 Å². The lowest BCUT2D eigenvalue weighted by Gasteiger charge is -2.01. The number of rotatable bonds is 1. The Kier molecular flexibility index (Phi) is 2.88. The van der Waals surface area contributed by atoms with Gasteiger partial charge >= 0.3 is 0 Å². The molecule has 0 saturated carbocycles. The molecule has 0 amide bonds. The van der Waals surface area contributed by atoms with E-state index < -0.39 is 0 Å². The van der Waals surface area contributed by atoms with Crippen LogP contribution >= 0.6 is 23.2 Å². The van der Waals surface area contributed by atoms with Crippen LogP contribution in [-0.4, -0.2) is 9.97 Å². The first-order valence-electron chi connectivity index (χ1n) is 5.76. The van der Waals surface area contributed by atoms with Crippen LogP contribution in [0.5, 0.6) is 0 Å². The molecule has 3 aromatic rings. The fourth-order valence-electron chi connectivity index (χ4n) is 1.93. The number of aromatic amines is 1. The van der Waals surface area contributed by atoms with Gasteiger partial charge in [-0.15, -0.1) is 0 Å². The Balaban J connectivity index is 2.17. The molecular formula is C14H11Cl2N3. The minimum absolute atomic E-state index is 0.496. The number of anilines is 1. The summed E-state index contributed by atoms with van der Waals surface area (Å²) >= 11 is 12.0. The smallest absolute Gasteiger partial charge is 0.138 e. The second kappa shape index (κ2) is 4.44. The lowest BCUT2D eigenvalue weighted by molar-refractivity contribution is 1.33. The van der Waals surface area contributed by atoms with Crippen molar-refractivity contribution in [1.82, 2.24) is 9.97 Å². The number of halogens is 2. The summed E-state index contributed by atoms with van der Waals surface area (Å²) in [6, 6.07) is 9.37. The molecule has 0 unspecified atom stereocenters. The molecule has 96 valence electrons. The SMILES string of the molecule is Cc1ccc(-c2nc3cc(Cl)c(Cl)cc3[nH]2)cc1N. The van der Waals surface area contributed by atoms with E-state index in [4.69, 9.17) is 28.9 Å². The molecule has 1 aromatic heterocycles. The Bertz CT molecular complexity index is 739. The van der Waals surface area contributed by atoms with Gasteiger partial charge in [0.25, 0.3) is 0 Å². The molecule has 0 saturated heterocycles. The van der Waals surface area contributed by atoms with Crippen molar-refractivity contribution in [3.8, 4) is 11.4 Å². The van der Waals surface area contributed by atoms with E-state index in [-0.39, 0.29) is 0 Å². The summed E-state index contributed by atoms with van der Waals surface area (Å²) in [4.78, 5) is 7.72. The van der Waals surface area contributed by atoms with Crippen molar-refractivity contribution in [2.75, 3.05) is 5.73 Å². The number of hydrogen-bond acceptors (Lipinski definition) is 2. The second-order valence-electron chi connectivity index (χ2n) is 4.44. The molecule has 0 aliphatic carbocycles. The maximum Gasteiger partial charge on any atom is 0.138 e. The third-order valence-corrected chi connectivity index (χ3v) is 3.80. The Morgan fingerprint density at radius 1 is 1.11 bits per heavy atom. The average molecular weight is 292 g/mol. The number of H-pyrrole nitrogens is 1. The first-order valence-corrected chi connectivity index (χ1v) is 6.51. The number of nitrogens with one attached hydrogen (secondary N) is 1. The molecule has 0 aliphatic rings. The van der Waals surface area contributed by atoms with Gasteiger partial charge in [0.15, 0.2) is 0 Å². The van der Waals surface area contributed by atoms with Gasteiger partial charge in [0.1, 0.15) is 5.82 Å². The predicted octanol–water partition coefficient (Wildman–Crippen LogP) is 4.43. The molecule has 19 heavy (non-hydrogen) atoms. The predicted molar refractivity (Wildman–Crippen MR) is 80.7 cm³/mol. The third-order valence-electron chi connectivity index (χ3n) is 3.08. The highest BCUT2D eigenvalue weighted by molar-refractivity contribution is 6.42. The molecule has 5 heteroatoms. The summed E-state index contributed by atoms with van der Waals surface area (Å²) in [6.45, 7) is 1.97. The first kappa shape index (κ1) is 12.3. The average Bonchev–Trinajstić information content (AvgIpc) is 2.76. The van der Waals surface area contributed by atoms with Crippen molar-refractivity contribution in [2.45, 2.75) is 6.92 Å². The number of imidazole rings is 1. The Labute approximate surface area is 120 Å². The maximum atomic E-state index is 5.99. The second-order valence-corrected chi connectivity index (χ2v) is 5.25. The van der Waals surface area contributed by atoms with Crippen molar-refractivity contribution in [1.29, 1.82) is 0 Å². The number of nitrogens with two attached hydrogens (primary N) is 1. The van der Waals surface area contributed by atoms with E-state index >= 15 is 0 Å². The van der Waals surface area contributed by atoms with Crippen molar-refractivity contribution in [3.05, 3.63) is 45.9 Å². The van der Waals surface area contributed by atoms with Gasteiger partial charge in [-0.05, 0) is 30.7 Å². The van der Waals surface area contributed by atoms with Crippen LogP contribution in [0.25, 0.3) is 22.4 Å². The quantitative estimate of drug-likeness (QED) is 0.652. The van der Waals surface area contributed by atoms with Crippen LogP contribution in [0.1, 0.15) is 5.56 Å². The van der Waals surface area contributed by atoms with Gasteiger partial charge in [-0.3, -0.25) is 0 Å². The van der Waals surface area contributed by atoms with Crippen LogP contribution in [0.15, 0.2) is 30.3 Å². The van der Waals surface area contributed by atoms with E-state index in [0.29, 0.717) is 10.0 Å². The van der Waals surface area contributed by atoms with E-state index in [9.17, 15) is 0 Å². The fourth-order valence-corrected chi connectivity index (χ4v) is 2.25. The summed E-state index contributed by atoms with van der Waals surface area (Å²) in [5, 5.41) is 1.00. The maximum absolute atomic E-state index is 5.99. The van der Waals surface area contributed by atoms with E-state index in [2.05, 4.69) is 9.97 Å². The van der Waals surface area contributed by atoms with Crippen LogP contribution < -0.4 is 5.73 Å². The standard InChI is InChI=1S/C14H11Cl2N3/c1-7-2-3-8(4-11(7)17)14-18-12-5-9(15)10(16)6-13(12)19-14/h2-6H,17H2,1H3,(H,18,19). The van der Waals surface area contributed by atoms with Crippen molar-refractivity contribution >= 4 is 39.9 Å². The van der Waals surface area contributed by atoms with Crippen LogP contribution in [0.2, 0.25) is 10.0 Å². The summed E-state index contributed by atoms with van der Waals surface area (Å²) in [5.74, 6) is 0.750. The van der Waals surface area contributed by atoms with Crippen LogP contribution in [0.4, 0.5) is 5.69 Å². The van der Waals surface area contributed by atoms with Gasteiger partial charge in [0.2, 0.25) is 0 Å². The van der Waals surface area contributed by atoms with Gasteiger partial charge in [-0.1, -0.05) is 35.3 Å².